The summed E-state index contributed by atoms with van der Waals surface area (Å²) >= 11 is 9.20. The number of rotatable bonds is 3. The predicted molar refractivity (Wildman–Crippen MR) is 61.3 cm³/mol. The molecule has 0 spiro atoms. The molecular weight excluding hydrogens is 236 g/mol. The van der Waals surface area contributed by atoms with Crippen LogP contribution >= 0.6 is 34.3 Å². The minimum Gasteiger partial charge on any atom is -0.152 e. The van der Waals surface area contributed by atoms with E-state index in [9.17, 15) is 0 Å². The number of alkyl halides is 1. The fraction of sp³-hybridized carbons (Fsp3) is 0.333. The summed E-state index contributed by atoms with van der Waals surface area (Å²) in [5.74, 6) is 0. The molecule has 0 aromatic carbocycles. The van der Waals surface area contributed by atoms with E-state index >= 15 is 0 Å². The second-order valence-corrected chi connectivity index (χ2v) is 5.49. The Morgan fingerprint density at radius 1 is 1.50 bits per heavy atom. The van der Waals surface area contributed by atoms with E-state index in [4.69, 9.17) is 11.6 Å². The van der Waals surface area contributed by atoms with Gasteiger partial charge in [0.15, 0.2) is 0 Å². The topological polar surface area (TPSA) is 25.8 Å². The minimum atomic E-state index is -0.0382. The Kier molecular flexibility index (Phi) is 3.15. The molecule has 0 aliphatic carbocycles. The molecular formula is C9H9ClN2S2. The molecule has 14 heavy (non-hydrogen) atoms. The van der Waals surface area contributed by atoms with E-state index in [1.807, 2.05) is 6.92 Å². The van der Waals surface area contributed by atoms with Gasteiger partial charge in [-0.05, 0) is 29.3 Å². The molecule has 5 heteroatoms. The van der Waals surface area contributed by atoms with Crippen LogP contribution in [0.3, 0.4) is 0 Å². The van der Waals surface area contributed by atoms with E-state index in [0.717, 1.165) is 16.4 Å². The Balaban J connectivity index is 2.11. The van der Waals surface area contributed by atoms with Gasteiger partial charge in [0.1, 0.15) is 10.0 Å². The first-order valence-corrected chi connectivity index (χ1v) is 6.42. The van der Waals surface area contributed by atoms with Gasteiger partial charge < -0.3 is 0 Å². The van der Waals surface area contributed by atoms with Gasteiger partial charge in [0, 0.05) is 6.42 Å². The van der Waals surface area contributed by atoms with Crippen molar-refractivity contribution in [2.24, 2.45) is 0 Å². The third-order valence-corrected chi connectivity index (χ3v) is 3.93. The molecule has 2 nitrogen and oxygen atoms in total. The Morgan fingerprint density at radius 3 is 2.93 bits per heavy atom. The van der Waals surface area contributed by atoms with Crippen molar-refractivity contribution >= 4 is 34.3 Å². The Hall–Kier alpha value is -0.450. The van der Waals surface area contributed by atoms with E-state index < -0.39 is 0 Å². The molecule has 1 unspecified atom stereocenters. The number of nitrogens with zero attached hydrogens (tertiary/aromatic N) is 2. The van der Waals surface area contributed by atoms with Gasteiger partial charge in [-0.25, -0.2) is 0 Å². The van der Waals surface area contributed by atoms with Gasteiger partial charge in [-0.1, -0.05) is 11.3 Å². The van der Waals surface area contributed by atoms with Gasteiger partial charge in [-0.2, -0.15) is 11.3 Å². The molecule has 2 aromatic rings. The van der Waals surface area contributed by atoms with Crippen molar-refractivity contribution in [2.75, 3.05) is 0 Å². The number of hydrogen-bond acceptors (Lipinski definition) is 4. The highest BCUT2D eigenvalue weighted by molar-refractivity contribution is 7.11. The Bertz CT molecular complexity index is 395. The molecule has 0 saturated carbocycles. The maximum Gasteiger partial charge on any atom is 0.135 e. The lowest BCUT2D eigenvalue weighted by Crippen LogP contribution is -1.83. The zero-order valence-electron chi connectivity index (χ0n) is 7.61. The van der Waals surface area contributed by atoms with Crippen LogP contribution in [-0.2, 0) is 6.42 Å². The van der Waals surface area contributed by atoms with Gasteiger partial charge in [0.05, 0.1) is 5.38 Å². The van der Waals surface area contributed by atoms with E-state index in [1.54, 1.807) is 22.7 Å². The molecule has 0 radical (unpaired) electrons. The first kappa shape index (κ1) is 10.1. The molecule has 74 valence electrons. The van der Waals surface area contributed by atoms with Gasteiger partial charge in [0.2, 0.25) is 0 Å². The Morgan fingerprint density at radius 2 is 2.36 bits per heavy atom. The second kappa shape index (κ2) is 4.38. The monoisotopic (exact) mass is 244 g/mol. The molecule has 2 rings (SSSR count). The van der Waals surface area contributed by atoms with Crippen LogP contribution in [0.4, 0.5) is 0 Å². The molecule has 1 atom stereocenters. The van der Waals surface area contributed by atoms with Crippen molar-refractivity contribution in [1.29, 1.82) is 0 Å². The first-order chi connectivity index (χ1) is 6.75. The lowest BCUT2D eigenvalue weighted by Gasteiger charge is -1.91. The van der Waals surface area contributed by atoms with Crippen molar-refractivity contribution in [1.82, 2.24) is 10.2 Å². The van der Waals surface area contributed by atoms with Gasteiger partial charge in [0.25, 0.3) is 0 Å². The van der Waals surface area contributed by atoms with Crippen molar-refractivity contribution in [3.05, 3.63) is 32.4 Å². The molecule has 0 saturated heterocycles. The molecule has 0 fully saturated rings. The van der Waals surface area contributed by atoms with Crippen LogP contribution in [0.5, 0.6) is 0 Å². The molecule has 2 heterocycles. The summed E-state index contributed by atoms with van der Waals surface area (Å²) in [4.78, 5) is 0. The molecule has 2 aromatic heterocycles. The van der Waals surface area contributed by atoms with Crippen molar-refractivity contribution in [3.8, 4) is 0 Å². The third-order valence-electron chi connectivity index (χ3n) is 1.76. The van der Waals surface area contributed by atoms with Crippen LogP contribution < -0.4 is 0 Å². The summed E-state index contributed by atoms with van der Waals surface area (Å²) in [5, 5.41) is 14.2. The van der Waals surface area contributed by atoms with E-state index in [0.29, 0.717) is 0 Å². The zero-order chi connectivity index (χ0) is 9.97. The lowest BCUT2D eigenvalue weighted by molar-refractivity contribution is 0.932. The molecule has 0 amide bonds. The maximum absolute atomic E-state index is 5.91. The Labute approximate surface area is 95.6 Å². The lowest BCUT2D eigenvalue weighted by atomic mass is 10.3. The summed E-state index contributed by atoms with van der Waals surface area (Å²) in [6, 6.07) is 2.11. The fourth-order valence-electron chi connectivity index (χ4n) is 1.07. The van der Waals surface area contributed by atoms with Gasteiger partial charge in [-0.3, -0.25) is 0 Å². The highest BCUT2D eigenvalue weighted by atomic mass is 35.5. The van der Waals surface area contributed by atoms with Crippen LogP contribution in [0.1, 0.15) is 27.9 Å². The van der Waals surface area contributed by atoms with Crippen LogP contribution in [-0.4, -0.2) is 10.2 Å². The SMILES string of the molecule is CC(Cl)c1nnc(Cc2ccsc2)s1. The second-order valence-electron chi connectivity index (χ2n) is 2.96. The van der Waals surface area contributed by atoms with Gasteiger partial charge >= 0.3 is 0 Å². The van der Waals surface area contributed by atoms with Crippen LogP contribution in [0.15, 0.2) is 16.8 Å². The van der Waals surface area contributed by atoms with E-state index in [2.05, 4.69) is 27.0 Å². The first-order valence-electron chi connectivity index (χ1n) is 4.23. The number of hydrogen-bond donors (Lipinski definition) is 0. The zero-order valence-corrected chi connectivity index (χ0v) is 9.99. The summed E-state index contributed by atoms with van der Waals surface area (Å²) < 4.78 is 0. The summed E-state index contributed by atoms with van der Waals surface area (Å²) in [6.07, 6.45) is 0.866. The van der Waals surface area contributed by atoms with Crippen molar-refractivity contribution in [2.45, 2.75) is 18.7 Å². The maximum atomic E-state index is 5.91. The van der Waals surface area contributed by atoms with E-state index in [-0.39, 0.29) is 5.38 Å². The highest BCUT2D eigenvalue weighted by Crippen LogP contribution is 2.24. The molecule has 0 aliphatic heterocycles. The van der Waals surface area contributed by atoms with Crippen LogP contribution in [0.2, 0.25) is 0 Å². The smallest absolute Gasteiger partial charge is 0.135 e. The molecule has 0 N–H and O–H groups in total. The normalized spacial score (nSPS) is 13.0. The molecule has 0 bridgehead atoms. The number of thiophene rings is 1. The quantitative estimate of drug-likeness (QED) is 0.773. The van der Waals surface area contributed by atoms with Crippen molar-refractivity contribution in [3.63, 3.8) is 0 Å². The predicted octanol–water partition coefficient (Wildman–Crippen LogP) is 3.49. The largest absolute Gasteiger partial charge is 0.152 e. The molecule has 0 aliphatic rings. The number of aromatic nitrogens is 2. The van der Waals surface area contributed by atoms with E-state index in [1.165, 1.54) is 5.56 Å². The number of halogens is 1. The average Bonchev–Trinajstić information content (AvgIpc) is 2.75. The summed E-state index contributed by atoms with van der Waals surface area (Å²) in [7, 11) is 0. The van der Waals surface area contributed by atoms with Gasteiger partial charge in [-0.15, -0.1) is 21.8 Å². The summed E-state index contributed by atoms with van der Waals surface area (Å²) in [6.45, 7) is 1.91. The van der Waals surface area contributed by atoms with Crippen LogP contribution in [0, 0.1) is 0 Å². The highest BCUT2D eigenvalue weighted by Gasteiger charge is 2.09. The minimum absolute atomic E-state index is 0.0382. The third kappa shape index (κ3) is 2.32. The standard InChI is InChI=1S/C9H9ClN2S2/c1-6(10)9-12-11-8(14-9)4-7-2-3-13-5-7/h2-3,5-6H,4H2,1H3. The van der Waals surface area contributed by atoms with Crippen LogP contribution in [0.25, 0.3) is 0 Å². The fourth-order valence-corrected chi connectivity index (χ4v) is 2.72. The van der Waals surface area contributed by atoms with Crippen molar-refractivity contribution < 1.29 is 0 Å². The summed E-state index contributed by atoms with van der Waals surface area (Å²) in [5.41, 5.74) is 1.29. The average molecular weight is 245 g/mol.